The van der Waals surface area contributed by atoms with E-state index in [0.717, 1.165) is 52.2 Å². The van der Waals surface area contributed by atoms with Gasteiger partial charge in [0.05, 0.1) is 5.69 Å². The lowest BCUT2D eigenvalue weighted by Gasteiger charge is -2.07. The standard InChI is InChI=1S/C22H21BrN2O2S/c23-19-12-18(4-2-15(19)5-6-21(26)27)22-25-20(13-28-22)17-3-1-14-7-9-24-10-8-16(14)11-17/h1-4,11-13,24H,5-10H2,(H,26,27). The van der Waals surface area contributed by atoms with Crippen molar-refractivity contribution in [2.75, 3.05) is 13.1 Å². The molecule has 0 radical (unpaired) electrons. The lowest BCUT2D eigenvalue weighted by atomic mass is 9.99. The number of hydrogen-bond acceptors (Lipinski definition) is 4. The molecule has 28 heavy (non-hydrogen) atoms. The lowest BCUT2D eigenvalue weighted by molar-refractivity contribution is -0.136. The van der Waals surface area contributed by atoms with Crippen LogP contribution >= 0.6 is 27.3 Å². The normalized spacial score (nSPS) is 13.8. The minimum Gasteiger partial charge on any atom is -0.481 e. The molecular weight excluding hydrogens is 436 g/mol. The van der Waals surface area contributed by atoms with E-state index in [0.29, 0.717) is 6.42 Å². The van der Waals surface area contributed by atoms with Gasteiger partial charge in [0.25, 0.3) is 0 Å². The summed E-state index contributed by atoms with van der Waals surface area (Å²) in [7, 11) is 0. The molecule has 4 nitrogen and oxygen atoms in total. The van der Waals surface area contributed by atoms with Gasteiger partial charge in [0.2, 0.25) is 0 Å². The predicted molar refractivity (Wildman–Crippen MR) is 117 cm³/mol. The smallest absolute Gasteiger partial charge is 0.303 e. The number of aromatic nitrogens is 1. The fourth-order valence-corrected chi connectivity index (χ4v) is 4.90. The third-order valence-corrected chi connectivity index (χ3v) is 6.69. The molecule has 0 fully saturated rings. The maximum atomic E-state index is 10.8. The van der Waals surface area contributed by atoms with Crippen LogP contribution in [0.2, 0.25) is 0 Å². The lowest BCUT2D eigenvalue weighted by Crippen LogP contribution is -2.16. The van der Waals surface area contributed by atoms with Crippen molar-refractivity contribution in [3.63, 3.8) is 0 Å². The molecule has 0 amide bonds. The molecule has 0 bridgehead atoms. The molecule has 2 heterocycles. The summed E-state index contributed by atoms with van der Waals surface area (Å²) in [4.78, 5) is 15.6. The number of carboxylic acids is 1. The van der Waals surface area contributed by atoms with Gasteiger partial charge >= 0.3 is 5.97 Å². The van der Waals surface area contributed by atoms with Crippen molar-refractivity contribution in [2.45, 2.75) is 25.7 Å². The summed E-state index contributed by atoms with van der Waals surface area (Å²) in [5, 5.41) is 15.4. The van der Waals surface area contributed by atoms with Gasteiger partial charge < -0.3 is 10.4 Å². The molecule has 0 atom stereocenters. The first-order valence-electron chi connectivity index (χ1n) is 9.39. The summed E-state index contributed by atoms with van der Waals surface area (Å²) >= 11 is 5.21. The van der Waals surface area contributed by atoms with Gasteiger partial charge in [0.1, 0.15) is 5.01 Å². The Bertz CT molecular complexity index is 1020. The molecule has 2 N–H and O–H groups in total. The van der Waals surface area contributed by atoms with Crippen molar-refractivity contribution in [1.29, 1.82) is 0 Å². The Morgan fingerprint density at radius 1 is 1.11 bits per heavy atom. The maximum absolute atomic E-state index is 10.8. The number of carboxylic acid groups (broad SMARTS) is 1. The zero-order chi connectivity index (χ0) is 19.5. The van der Waals surface area contributed by atoms with Crippen molar-refractivity contribution in [1.82, 2.24) is 10.3 Å². The van der Waals surface area contributed by atoms with Crippen molar-refractivity contribution < 1.29 is 9.90 Å². The van der Waals surface area contributed by atoms with Gasteiger partial charge in [0.15, 0.2) is 0 Å². The molecule has 144 valence electrons. The quantitative estimate of drug-likeness (QED) is 0.570. The Morgan fingerprint density at radius 3 is 2.68 bits per heavy atom. The second kappa shape index (κ2) is 8.55. The summed E-state index contributed by atoms with van der Waals surface area (Å²) in [6, 6.07) is 12.7. The van der Waals surface area contributed by atoms with Crippen LogP contribution in [0.4, 0.5) is 0 Å². The minimum atomic E-state index is -0.780. The van der Waals surface area contributed by atoms with Crippen molar-refractivity contribution in [2.24, 2.45) is 0 Å². The molecular formula is C22H21BrN2O2S. The molecule has 0 saturated carbocycles. The van der Waals surface area contributed by atoms with E-state index in [1.807, 2.05) is 18.2 Å². The fraction of sp³-hybridized carbons (Fsp3) is 0.273. The Hall–Kier alpha value is -2.02. The average molecular weight is 457 g/mol. The molecule has 2 aromatic carbocycles. The highest BCUT2D eigenvalue weighted by Crippen LogP contribution is 2.32. The van der Waals surface area contributed by atoms with Gasteiger partial charge in [-0.25, -0.2) is 4.98 Å². The third kappa shape index (κ3) is 4.35. The van der Waals surface area contributed by atoms with E-state index in [9.17, 15) is 4.79 Å². The van der Waals surface area contributed by atoms with Gasteiger partial charge in [-0.1, -0.05) is 40.2 Å². The Morgan fingerprint density at radius 2 is 1.89 bits per heavy atom. The molecule has 1 aliphatic rings. The van der Waals surface area contributed by atoms with E-state index >= 15 is 0 Å². The number of fused-ring (bicyclic) bond motifs is 1. The zero-order valence-electron chi connectivity index (χ0n) is 15.4. The van der Waals surface area contributed by atoms with Crippen LogP contribution in [0.15, 0.2) is 46.3 Å². The summed E-state index contributed by atoms with van der Waals surface area (Å²) in [5.74, 6) is -0.780. The molecule has 1 aliphatic heterocycles. The van der Waals surface area contributed by atoms with Crippen molar-refractivity contribution >= 4 is 33.2 Å². The van der Waals surface area contributed by atoms with Crippen molar-refractivity contribution in [3.05, 3.63) is 62.9 Å². The number of aryl methyl sites for hydroxylation is 1. The van der Waals surface area contributed by atoms with E-state index < -0.39 is 5.97 Å². The largest absolute Gasteiger partial charge is 0.481 e. The predicted octanol–water partition coefficient (Wildman–Crippen LogP) is 4.95. The molecule has 0 spiro atoms. The summed E-state index contributed by atoms with van der Waals surface area (Å²) < 4.78 is 0.931. The zero-order valence-corrected chi connectivity index (χ0v) is 17.8. The second-order valence-corrected chi connectivity index (χ2v) is 8.68. The van der Waals surface area contributed by atoms with Crippen LogP contribution in [0.3, 0.4) is 0 Å². The van der Waals surface area contributed by atoms with E-state index in [1.54, 1.807) is 11.3 Å². The van der Waals surface area contributed by atoms with Gasteiger partial charge in [-0.05, 0) is 61.2 Å². The van der Waals surface area contributed by atoms with E-state index in [1.165, 1.54) is 16.7 Å². The van der Waals surface area contributed by atoms with Crippen LogP contribution in [0.1, 0.15) is 23.1 Å². The van der Waals surface area contributed by atoms with Crippen LogP contribution in [0.5, 0.6) is 0 Å². The highest BCUT2D eigenvalue weighted by atomic mass is 79.9. The number of halogens is 1. The summed E-state index contributed by atoms with van der Waals surface area (Å²) in [6.45, 7) is 2.07. The Balaban J connectivity index is 1.57. The summed E-state index contributed by atoms with van der Waals surface area (Å²) in [5.41, 5.74) is 7.07. The highest BCUT2D eigenvalue weighted by molar-refractivity contribution is 9.10. The van der Waals surface area contributed by atoms with Crippen LogP contribution in [-0.4, -0.2) is 29.1 Å². The minimum absolute atomic E-state index is 0.132. The maximum Gasteiger partial charge on any atom is 0.303 e. The van der Waals surface area contributed by atoms with Crippen LogP contribution in [0.25, 0.3) is 21.8 Å². The fourth-order valence-electron chi connectivity index (χ4n) is 3.50. The van der Waals surface area contributed by atoms with Gasteiger partial charge in [-0.15, -0.1) is 11.3 Å². The highest BCUT2D eigenvalue weighted by Gasteiger charge is 2.12. The van der Waals surface area contributed by atoms with Crippen LogP contribution < -0.4 is 5.32 Å². The Kier molecular flexibility index (Phi) is 5.90. The monoisotopic (exact) mass is 456 g/mol. The molecule has 3 aromatic rings. The third-order valence-electron chi connectivity index (χ3n) is 5.06. The topological polar surface area (TPSA) is 62.2 Å². The van der Waals surface area contributed by atoms with Crippen molar-refractivity contribution in [3.8, 4) is 21.8 Å². The molecule has 0 saturated heterocycles. The summed E-state index contributed by atoms with van der Waals surface area (Å²) in [6.07, 6.45) is 2.79. The number of hydrogen-bond donors (Lipinski definition) is 2. The molecule has 1 aromatic heterocycles. The number of thiazole rings is 1. The number of carbonyl (C=O) groups is 1. The van der Waals surface area contributed by atoms with Crippen LogP contribution in [-0.2, 0) is 24.1 Å². The number of rotatable bonds is 5. The first kappa shape index (κ1) is 19.3. The first-order valence-corrected chi connectivity index (χ1v) is 11.1. The average Bonchev–Trinajstić information content (AvgIpc) is 3.06. The van der Waals surface area contributed by atoms with Gasteiger partial charge in [0, 0.05) is 27.4 Å². The van der Waals surface area contributed by atoms with E-state index in [4.69, 9.17) is 10.1 Å². The number of nitrogens with one attached hydrogen (secondary N) is 1. The number of nitrogens with zero attached hydrogens (tertiary/aromatic N) is 1. The van der Waals surface area contributed by atoms with Crippen LogP contribution in [0, 0.1) is 0 Å². The molecule has 6 heteroatoms. The molecule has 0 unspecified atom stereocenters. The SMILES string of the molecule is O=C(O)CCc1ccc(-c2nc(-c3ccc4c(c3)CCNCC4)cs2)cc1Br. The van der Waals surface area contributed by atoms with E-state index in [-0.39, 0.29) is 6.42 Å². The Labute approximate surface area is 176 Å². The number of aliphatic carboxylic acids is 1. The van der Waals surface area contributed by atoms with Gasteiger partial charge in [-0.2, -0.15) is 0 Å². The number of benzene rings is 2. The van der Waals surface area contributed by atoms with E-state index in [2.05, 4.69) is 44.8 Å². The van der Waals surface area contributed by atoms with Gasteiger partial charge in [-0.3, -0.25) is 4.79 Å². The molecule has 0 aliphatic carbocycles. The second-order valence-electron chi connectivity index (χ2n) is 6.97. The molecule has 4 rings (SSSR count). The first-order chi connectivity index (χ1) is 13.6.